The number of halogens is 1. The highest BCUT2D eigenvalue weighted by atomic mass is 35.5. The highest BCUT2D eigenvalue weighted by Crippen LogP contribution is 2.33. The van der Waals surface area contributed by atoms with Gasteiger partial charge >= 0.3 is 0 Å². The van der Waals surface area contributed by atoms with Crippen molar-refractivity contribution in [1.82, 2.24) is 19.8 Å². The maximum absolute atomic E-state index is 13.1. The van der Waals surface area contributed by atoms with Crippen LogP contribution in [0.4, 0.5) is 0 Å². The molecule has 0 bridgehead atoms. The van der Waals surface area contributed by atoms with Crippen LogP contribution >= 0.6 is 11.6 Å². The average Bonchev–Trinajstić information content (AvgIpc) is 3.65. The van der Waals surface area contributed by atoms with Crippen LogP contribution in [0.1, 0.15) is 78.6 Å². The maximum atomic E-state index is 13.1. The Labute approximate surface area is 253 Å². The molecule has 3 aromatic rings. The summed E-state index contributed by atoms with van der Waals surface area (Å²) in [6.07, 6.45) is 4.08. The lowest BCUT2D eigenvalue weighted by Gasteiger charge is -2.29. The standard InChI is InChI=1S/C31H35ClN4O4.C2H6/c1-20-34-25-8-2-3-9-27(25)36(20)19-22-13-11-21(12-14-22)18-33-30(39)28(37)29(38)31(40)35-15-5-10-26(35)24-7-4-6-23(16-24)17-32;1-2/h3-4,6-7,9,11-14,16,26,28-29,37-38H,2,5,8,10,15,17-19H2,1H3,(H,33,39);1-2H3/t26?,28-,29-;/m1./s1. The lowest BCUT2D eigenvalue weighted by molar-refractivity contribution is -0.153. The molecule has 1 aliphatic heterocycles. The van der Waals surface area contributed by atoms with E-state index in [1.54, 1.807) is 4.90 Å². The summed E-state index contributed by atoms with van der Waals surface area (Å²) in [6, 6.07) is 15.3. The zero-order valence-corrected chi connectivity index (χ0v) is 25.3. The average molecular weight is 593 g/mol. The number of amides is 2. The van der Waals surface area contributed by atoms with Crippen molar-refractivity contribution in [2.24, 2.45) is 0 Å². The molecule has 1 saturated heterocycles. The third kappa shape index (κ3) is 7.12. The van der Waals surface area contributed by atoms with E-state index in [2.05, 4.69) is 22.0 Å². The van der Waals surface area contributed by atoms with E-state index < -0.39 is 24.0 Å². The largest absolute Gasteiger partial charge is 0.380 e. The molecule has 3 N–H and O–H groups in total. The van der Waals surface area contributed by atoms with Crippen molar-refractivity contribution in [1.29, 1.82) is 0 Å². The predicted octanol–water partition coefficient (Wildman–Crippen LogP) is 4.67. The molecule has 2 aromatic carbocycles. The first kappa shape index (κ1) is 31.5. The molecule has 2 heterocycles. The number of allylic oxidation sites excluding steroid dienone is 1. The third-order valence-corrected chi connectivity index (χ3v) is 8.08. The van der Waals surface area contributed by atoms with Gasteiger partial charge in [-0.05, 0) is 60.9 Å². The van der Waals surface area contributed by atoms with Gasteiger partial charge in [-0.2, -0.15) is 0 Å². The number of rotatable bonds is 9. The van der Waals surface area contributed by atoms with Crippen LogP contribution in [0.15, 0.2) is 54.6 Å². The summed E-state index contributed by atoms with van der Waals surface area (Å²) < 4.78 is 2.20. The van der Waals surface area contributed by atoms with Gasteiger partial charge in [0.2, 0.25) is 0 Å². The SMILES string of the molecule is CC.Cc1nc2c(n1Cc1ccc(CNC(=O)[C@H](O)[C@@H](O)C(=O)N3CCCC3c3cccc(CCl)c3)cc1)C=CCC2. The first-order valence-electron chi connectivity index (χ1n) is 14.7. The Bertz CT molecular complexity index is 1400. The lowest BCUT2D eigenvalue weighted by Crippen LogP contribution is -2.50. The molecule has 0 saturated carbocycles. The minimum absolute atomic E-state index is 0.164. The Kier molecular flexibility index (Phi) is 11.0. The Morgan fingerprint density at radius 2 is 1.81 bits per heavy atom. The van der Waals surface area contributed by atoms with E-state index in [-0.39, 0.29) is 12.6 Å². The summed E-state index contributed by atoms with van der Waals surface area (Å²) in [5, 5.41) is 23.8. The predicted molar refractivity (Wildman–Crippen MR) is 165 cm³/mol. The third-order valence-electron chi connectivity index (χ3n) is 7.77. The Morgan fingerprint density at radius 1 is 1.07 bits per heavy atom. The summed E-state index contributed by atoms with van der Waals surface area (Å²) in [6.45, 7) is 7.33. The number of alkyl halides is 1. The number of carbonyl (C=O) groups is 2. The molecule has 0 radical (unpaired) electrons. The van der Waals surface area contributed by atoms with Crippen molar-refractivity contribution in [2.45, 2.75) is 83.7 Å². The van der Waals surface area contributed by atoms with Crippen LogP contribution in [0.2, 0.25) is 0 Å². The van der Waals surface area contributed by atoms with E-state index in [9.17, 15) is 19.8 Å². The zero-order chi connectivity index (χ0) is 30.2. The van der Waals surface area contributed by atoms with Gasteiger partial charge in [-0.1, -0.05) is 68.5 Å². The van der Waals surface area contributed by atoms with Crippen LogP contribution in [0, 0.1) is 6.92 Å². The van der Waals surface area contributed by atoms with Crippen molar-refractivity contribution in [3.63, 3.8) is 0 Å². The molecule has 2 amide bonds. The van der Waals surface area contributed by atoms with Crippen LogP contribution in [-0.2, 0) is 35.0 Å². The van der Waals surface area contributed by atoms with Crippen LogP contribution in [0.25, 0.3) is 6.08 Å². The smallest absolute Gasteiger partial charge is 0.255 e. The maximum Gasteiger partial charge on any atom is 0.255 e. The summed E-state index contributed by atoms with van der Waals surface area (Å²) in [5.41, 5.74) is 6.12. The van der Waals surface area contributed by atoms with Gasteiger partial charge in [0.05, 0.1) is 17.4 Å². The number of imidazole rings is 1. The van der Waals surface area contributed by atoms with Gasteiger partial charge in [0, 0.05) is 25.5 Å². The number of nitrogens with one attached hydrogen (secondary N) is 1. The first-order chi connectivity index (χ1) is 20.4. The summed E-state index contributed by atoms with van der Waals surface area (Å²) >= 11 is 5.97. The summed E-state index contributed by atoms with van der Waals surface area (Å²) in [5.74, 6) is -0.101. The molecule has 1 fully saturated rings. The number of fused-ring (bicyclic) bond motifs is 1. The van der Waals surface area contributed by atoms with E-state index in [1.165, 1.54) is 0 Å². The van der Waals surface area contributed by atoms with E-state index in [0.717, 1.165) is 65.1 Å². The normalized spacial score (nSPS) is 17.2. The monoisotopic (exact) mass is 592 g/mol. The van der Waals surface area contributed by atoms with Gasteiger partial charge < -0.3 is 25.0 Å². The van der Waals surface area contributed by atoms with Gasteiger partial charge in [-0.15, -0.1) is 11.6 Å². The van der Waals surface area contributed by atoms with E-state index in [1.807, 2.05) is 69.3 Å². The van der Waals surface area contributed by atoms with Crippen LogP contribution in [0.3, 0.4) is 0 Å². The van der Waals surface area contributed by atoms with Crippen molar-refractivity contribution in [3.8, 4) is 0 Å². The molecule has 42 heavy (non-hydrogen) atoms. The number of benzene rings is 2. The molecule has 5 rings (SSSR count). The fourth-order valence-electron chi connectivity index (χ4n) is 5.58. The van der Waals surface area contributed by atoms with E-state index in [4.69, 9.17) is 16.6 Å². The highest BCUT2D eigenvalue weighted by Gasteiger charge is 2.38. The second kappa shape index (κ2) is 14.6. The highest BCUT2D eigenvalue weighted by molar-refractivity contribution is 6.17. The van der Waals surface area contributed by atoms with Gasteiger partial charge in [-0.25, -0.2) is 4.98 Å². The molecule has 3 atom stereocenters. The molecule has 9 heteroatoms. The van der Waals surface area contributed by atoms with Crippen molar-refractivity contribution in [2.75, 3.05) is 6.54 Å². The van der Waals surface area contributed by atoms with Gasteiger partial charge in [0.15, 0.2) is 12.2 Å². The number of nitrogens with zero attached hydrogens (tertiary/aromatic N) is 3. The number of aliphatic hydroxyl groups excluding tert-OH is 2. The number of aromatic nitrogens is 2. The summed E-state index contributed by atoms with van der Waals surface area (Å²) in [7, 11) is 0. The molecule has 224 valence electrons. The van der Waals surface area contributed by atoms with Gasteiger partial charge in [0.1, 0.15) is 5.82 Å². The number of aliphatic hydroxyl groups is 2. The second-order valence-corrected chi connectivity index (χ2v) is 10.8. The van der Waals surface area contributed by atoms with Crippen molar-refractivity contribution < 1.29 is 19.8 Å². The number of hydrogen-bond acceptors (Lipinski definition) is 5. The minimum atomic E-state index is -1.87. The summed E-state index contributed by atoms with van der Waals surface area (Å²) in [4.78, 5) is 32.0. The first-order valence-corrected chi connectivity index (χ1v) is 15.3. The lowest BCUT2D eigenvalue weighted by atomic mass is 10.0. The molecule has 1 aliphatic carbocycles. The van der Waals surface area contributed by atoms with Crippen molar-refractivity contribution >= 4 is 29.5 Å². The Morgan fingerprint density at radius 3 is 2.55 bits per heavy atom. The van der Waals surface area contributed by atoms with E-state index in [0.29, 0.717) is 19.0 Å². The quantitative estimate of drug-likeness (QED) is 0.313. The molecule has 8 nitrogen and oxygen atoms in total. The minimum Gasteiger partial charge on any atom is -0.380 e. The van der Waals surface area contributed by atoms with Crippen LogP contribution < -0.4 is 5.32 Å². The Balaban J connectivity index is 0.00000198. The van der Waals surface area contributed by atoms with Crippen LogP contribution in [0.5, 0.6) is 0 Å². The molecule has 2 aliphatic rings. The molecule has 0 spiro atoms. The number of aryl methyl sites for hydroxylation is 2. The van der Waals surface area contributed by atoms with Gasteiger partial charge in [-0.3, -0.25) is 9.59 Å². The fraction of sp³-hybridized carbons (Fsp3) is 0.424. The van der Waals surface area contributed by atoms with Gasteiger partial charge in [0.25, 0.3) is 11.8 Å². The fourth-order valence-corrected chi connectivity index (χ4v) is 5.74. The Hall–Kier alpha value is -3.46. The number of likely N-dealkylation sites (tertiary alicyclic amines) is 1. The molecular weight excluding hydrogens is 552 g/mol. The topological polar surface area (TPSA) is 108 Å². The zero-order valence-electron chi connectivity index (χ0n) is 24.6. The second-order valence-electron chi connectivity index (χ2n) is 10.5. The molecule has 1 aromatic heterocycles. The van der Waals surface area contributed by atoms with Crippen molar-refractivity contribution in [3.05, 3.63) is 94.1 Å². The van der Waals surface area contributed by atoms with E-state index >= 15 is 0 Å². The molecule has 1 unspecified atom stereocenters. The number of carbonyl (C=O) groups excluding carboxylic acids is 2. The van der Waals surface area contributed by atoms with Crippen LogP contribution in [-0.4, -0.2) is 55.2 Å². The molecular formula is C33H41ClN4O4. The number of hydrogen-bond donors (Lipinski definition) is 3.